The van der Waals surface area contributed by atoms with Crippen molar-refractivity contribution in [1.29, 1.82) is 0 Å². The summed E-state index contributed by atoms with van der Waals surface area (Å²) in [7, 11) is 0. The summed E-state index contributed by atoms with van der Waals surface area (Å²) in [5, 5.41) is 10.8. The van der Waals surface area contributed by atoms with E-state index in [1.54, 1.807) is 33.7 Å². The molecule has 1 spiro atoms. The molecule has 3 amide bonds. The molecule has 0 aliphatic carbocycles. The number of fused-ring (bicyclic) bond motifs is 1. The summed E-state index contributed by atoms with van der Waals surface area (Å²) in [6.07, 6.45) is 5.52. The molecule has 3 saturated heterocycles. The molecule has 0 saturated carbocycles. The number of benzene rings is 2. The predicted octanol–water partition coefficient (Wildman–Crippen LogP) is 6.66. The molecular formula is C40H53N3O5S. The number of amides is 3. The van der Waals surface area contributed by atoms with Gasteiger partial charge in [0.2, 0.25) is 17.7 Å². The number of thioether (sulfide) groups is 1. The number of carbonyl (C=O) groups excluding carboxylic acids is 3. The van der Waals surface area contributed by atoms with Gasteiger partial charge in [-0.05, 0) is 75.3 Å². The number of hydrogen-bond donors (Lipinski definition) is 1. The number of aliphatic hydroxyl groups is 1. The molecule has 9 heteroatoms. The van der Waals surface area contributed by atoms with Crippen LogP contribution in [0.3, 0.4) is 0 Å². The molecular weight excluding hydrogens is 635 g/mol. The van der Waals surface area contributed by atoms with Crippen LogP contribution in [0.25, 0.3) is 0 Å². The number of aliphatic hydroxyl groups excluding tert-OH is 1. The van der Waals surface area contributed by atoms with Crippen LogP contribution < -0.4 is 9.64 Å². The molecule has 0 radical (unpaired) electrons. The van der Waals surface area contributed by atoms with Gasteiger partial charge in [0.05, 0.1) is 35.8 Å². The molecule has 3 aliphatic heterocycles. The Bertz CT molecular complexity index is 1540. The number of nitrogens with zero attached hydrogens (tertiary/aromatic N) is 3. The Morgan fingerprint density at radius 1 is 1.04 bits per heavy atom. The standard InChI is InChI=1S/C40H53N3O5S/c1-9-23-41(28-17-19-29(20-18-28)48-11-3)35(45)32-31-21-22-40(49-31)33(32)36(46)43(30(25-44)27-15-13-12-14-16-27)34(40)37(47)42(24-10-2)39(7,8)26-38(4,5)6/h9-10,12-20,30-34,44H,1-2,11,21-26H2,3-8H3/t30-,31-,32+,33+,34?,40?/m1/s1. The summed E-state index contributed by atoms with van der Waals surface area (Å²) in [5.74, 6) is -1.19. The highest BCUT2D eigenvalue weighted by atomic mass is 32.2. The van der Waals surface area contributed by atoms with E-state index in [9.17, 15) is 9.90 Å². The van der Waals surface area contributed by atoms with Gasteiger partial charge in [-0.1, -0.05) is 63.3 Å². The van der Waals surface area contributed by atoms with E-state index in [0.717, 1.165) is 18.4 Å². The van der Waals surface area contributed by atoms with Crippen LogP contribution in [0.5, 0.6) is 5.75 Å². The lowest BCUT2D eigenvalue weighted by atomic mass is 9.70. The second-order valence-corrected chi connectivity index (χ2v) is 17.0. The molecule has 2 aromatic carbocycles. The third-order valence-electron chi connectivity index (χ3n) is 10.3. The third-order valence-corrected chi connectivity index (χ3v) is 12.2. The molecule has 3 fully saturated rings. The van der Waals surface area contributed by atoms with E-state index in [4.69, 9.17) is 4.74 Å². The SMILES string of the molecule is C=CCN(C(=O)[C@@H]1[C@H]2C(=O)N([C@H](CO)c3ccccc3)C(C(=O)N(CC=C)C(C)(C)CC(C)(C)C)C23CC[C@H]1S3)c1ccc(OCC)cc1. The van der Waals surface area contributed by atoms with Gasteiger partial charge in [0.25, 0.3) is 0 Å². The minimum Gasteiger partial charge on any atom is -0.494 e. The maximum Gasteiger partial charge on any atom is 0.247 e. The van der Waals surface area contributed by atoms with E-state index in [2.05, 4.69) is 47.8 Å². The summed E-state index contributed by atoms with van der Waals surface area (Å²) < 4.78 is 4.81. The van der Waals surface area contributed by atoms with Gasteiger partial charge in [-0.15, -0.1) is 24.9 Å². The van der Waals surface area contributed by atoms with Crippen molar-refractivity contribution < 1.29 is 24.2 Å². The third kappa shape index (κ3) is 6.81. The van der Waals surface area contributed by atoms with Gasteiger partial charge in [-0.2, -0.15) is 0 Å². The van der Waals surface area contributed by atoms with Crippen LogP contribution in [0.4, 0.5) is 5.69 Å². The van der Waals surface area contributed by atoms with Crippen molar-refractivity contribution in [1.82, 2.24) is 9.80 Å². The fourth-order valence-electron chi connectivity index (χ4n) is 8.84. The van der Waals surface area contributed by atoms with Crippen LogP contribution >= 0.6 is 11.8 Å². The first-order valence-corrected chi connectivity index (χ1v) is 18.4. The van der Waals surface area contributed by atoms with Gasteiger partial charge >= 0.3 is 0 Å². The molecule has 2 bridgehead atoms. The normalized spacial score (nSPS) is 25.1. The molecule has 1 N–H and O–H groups in total. The minimum absolute atomic E-state index is 0.0690. The van der Waals surface area contributed by atoms with Gasteiger partial charge < -0.3 is 24.5 Å². The summed E-state index contributed by atoms with van der Waals surface area (Å²) >= 11 is 1.64. The van der Waals surface area contributed by atoms with Gasteiger partial charge in [0.15, 0.2) is 0 Å². The fourth-order valence-corrected chi connectivity index (χ4v) is 11.0. The summed E-state index contributed by atoms with van der Waals surface area (Å²) in [6, 6.07) is 15.2. The van der Waals surface area contributed by atoms with Crippen molar-refractivity contribution in [2.75, 3.05) is 31.2 Å². The minimum atomic E-state index is -0.868. The summed E-state index contributed by atoms with van der Waals surface area (Å²) in [4.78, 5) is 50.4. The average molecular weight is 688 g/mol. The molecule has 264 valence electrons. The van der Waals surface area contributed by atoms with Crippen LogP contribution in [-0.4, -0.2) is 80.5 Å². The van der Waals surface area contributed by atoms with Gasteiger partial charge in [-0.3, -0.25) is 14.4 Å². The van der Waals surface area contributed by atoms with Crippen molar-refractivity contribution in [3.8, 4) is 5.75 Å². The summed E-state index contributed by atoms with van der Waals surface area (Å²) in [5.41, 5.74) is 0.824. The maximum atomic E-state index is 15.3. The Balaban J connectivity index is 1.62. The molecule has 5 rings (SSSR count). The van der Waals surface area contributed by atoms with Crippen molar-refractivity contribution in [3.05, 3.63) is 85.5 Å². The first kappa shape index (κ1) is 36.7. The first-order valence-electron chi connectivity index (χ1n) is 17.5. The number of hydrogen-bond acceptors (Lipinski definition) is 6. The van der Waals surface area contributed by atoms with Gasteiger partial charge in [0, 0.05) is 29.6 Å². The van der Waals surface area contributed by atoms with E-state index in [1.807, 2.05) is 66.4 Å². The second kappa shape index (κ2) is 14.4. The zero-order valence-corrected chi connectivity index (χ0v) is 30.7. The largest absolute Gasteiger partial charge is 0.494 e. The topological polar surface area (TPSA) is 90.4 Å². The lowest BCUT2D eigenvalue weighted by Gasteiger charge is -2.46. The highest BCUT2D eigenvalue weighted by Gasteiger charge is 2.75. The monoisotopic (exact) mass is 687 g/mol. The molecule has 3 heterocycles. The Kier molecular flexibility index (Phi) is 10.8. The fraction of sp³-hybridized carbons (Fsp3) is 0.525. The number of carbonyl (C=O) groups is 3. The highest BCUT2D eigenvalue weighted by Crippen LogP contribution is 2.67. The lowest BCUT2D eigenvalue weighted by molar-refractivity contribution is -0.149. The molecule has 6 atom stereocenters. The van der Waals surface area contributed by atoms with Crippen LogP contribution in [0.15, 0.2) is 79.9 Å². The molecule has 2 aromatic rings. The van der Waals surface area contributed by atoms with Crippen LogP contribution in [-0.2, 0) is 14.4 Å². The van der Waals surface area contributed by atoms with Crippen molar-refractivity contribution in [3.63, 3.8) is 0 Å². The van der Waals surface area contributed by atoms with E-state index in [0.29, 0.717) is 31.0 Å². The van der Waals surface area contributed by atoms with Crippen molar-refractivity contribution >= 4 is 35.2 Å². The highest BCUT2D eigenvalue weighted by molar-refractivity contribution is 8.02. The quantitative estimate of drug-likeness (QED) is 0.224. The molecule has 49 heavy (non-hydrogen) atoms. The first-order chi connectivity index (χ1) is 23.2. The van der Waals surface area contributed by atoms with Crippen molar-refractivity contribution in [2.24, 2.45) is 17.3 Å². The number of likely N-dealkylation sites (tertiary alicyclic amines) is 1. The number of rotatable bonds is 14. The van der Waals surface area contributed by atoms with E-state index in [-0.39, 0.29) is 41.5 Å². The smallest absolute Gasteiger partial charge is 0.247 e. The predicted molar refractivity (Wildman–Crippen MR) is 197 cm³/mol. The molecule has 2 unspecified atom stereocenters. The number of anilines is 1. The zero-order chi connectivity index (χ0) is 35.7. The Morgan fingerprint density at radius 2 is 1.69 bits per heavy atom. The average Bonchev–Trinajstić information content (AvgIpc) is 3.70. The Hall–Kier alpha value is -3.56. The van der Waals surface area contributed by atoms with Crippen LogP contribution in [0.2, 0.25) is 0 Å². The maximum absolute atomic E-state index is 15.3. The lowest BCUT2D eigenvalue weighted by Crippen LogP contribution is -2.60. The molecule has 3 aliphatic rings. The van der Waals surface area contributed by atoms with Crippen molar-refractivity contribution in [2.45, 2.75) is 88.4 Å². The van der Waals surface area contributed by atoms with Crippen LogP contribution in [0, 0.1) is 17.3 Å². The second-order valence-electron chi connectivity index (χ2n) is 15.4. The molecule has 0 aromatic heterocycles. The number of ether oxygens (including phenoxy) is 1. The zero-order valence-electron chi connectivity index (χ0n) is 29.9. The summed E-state index contributed by atoms with van der Waals surface area (Å²) in [6.45, 7) is 21.2. The van der Waals surface area contributed by atoms with E-state index < -0.39 is 34.2 Å². The van der Waals surface area contributed by atoms with Gasteiger partial charge in [-0.25, -0.2) is 0 Å². The molecule has 8 nitrogen and oxygen atoms in total. The van der Waals surface area contributed by atoms with Crippen LogP contribution in [0.1, 0.15) is 72.4 Å². The van der Waals surface area contributed by atoms with E-state index in [1.165, 1.54) is 0 Å². The van der Waals surface area contributed by atoms with Gasteiger partial charge in [0.1, 0.15) is 11.8 Å². The van der Waals surface area contributed by atoms with E-state index >= 15 is 9.59 Å². The Morgan fingerprint density at radius 3 is 2.27 bits per heavy atom. The Labute approximate surface area is 296 Å².